The number of hydrogen-bond acceptors (Lipinski definition) is 2. The molecule has 0 saturated carbocycles. The van der Waals surface area contributed by atoms with Gasteiger partial charge in [0, 0.05) is 11.6 Å². The van der Waals surface area contributed by atoms with Gasteiger partial charge in [-0.2, -0.15) is 0 Å². The van der Waals surface area contributed by atoms with Crippen molar-refractivity contribution in [2.75, 3.05) is 0 Å². The lowest BCUT2D eigenvalue weighted by atomic mass is 10.0. The predicted octanol–water partition coefficient (Wildman–Crippen LogP) is 2.42. The molecule has 1 amide bonds. The minimum atomic E-state index is -0.283. The molecule has 0 fully saturated rings. The monoisotopic (exact) mass is 182 g/mol. The van der Waals surface area contributed by atoms with Crippen LogP contribution >= 0.6 is 0 Å². The Bertz CT molecular complexity index is 524. The van der Waals surface area contributed by atoms with Gasteiger partial charge in [0.25, 0.3) is 5.91 Å². The number of allylic oxidation sites excluding steroid dienone is 1. The van der Waals surface area contributed by atoms with Gasteiger partial charge in [-0.25, -0.2) is 0 Å². The van der Waals surface area contributed by atoms with Gasteiger partial charge in [0.05, 0.1) is 5.70 Å². The highest BCUT2D eigenvalue weighted by molar-refractivity contribution is 6.06. The smallest absolute Gasteiger partial charge is 0.266 e. The van der Waals surface area contributed by atoms with Gasteiger partial charge in [0.1, 0.15) is 0 Å². The van der Waals surface area contributed by atoms with E-state index < -0.39 is 0 Å². The number of carbonyl (C=O) groups is 1. The standard InChI is InChI=1S/C11H6N2O/c14-11-6-9-8-4-2-1-3-7(8)5-10(9)12-13-11/h1-6H. The van der Waals surface area contributed by atoms with Crippen molar-refractivity contribution >= 4 is 17.6 Å². The van der Waals surface area contributed by atoms with Crippen LogP contribution in [0.4, 0.5) is 0 Å². The van der Waals surface area contributed by atoms with Gasteiger partial charge in [-0.05, 0) is 17.2 Å². The van der Waals surface area contributed by atoms with E-state index in [1.54, 1.807) is 0 Å². The van der Waals surface area contributed by atoms with E-state index in [0.717, 1.165) is 22.4 Å². The van der Waals surface area contributed by atoms with Gasteiger partial charge in [-0.1, -0.05) is 24.3 Å². The Morgan fingerprint density at radius 1 is 1.00 bits per heavy atom. The second-order valence-corrected chi connectivity index (χ2v) is 3.21. The SMILES string of the molecule is O=C1C=C2C(=Cc3ccccc32)N=N1. The summed E-state index contributed by atoms with van der Waals surface area (Å²) in [5.74, 6) is -0.283. The summed E-state index contributed by atoms with van der Waals surface area (Å²) in [5, 5.41) is 7.35. The molecule has 0 atom stereocenters. The third kappa shape index (κ3) is 0.893. The highest BCUT2D eigenvalue weighted by Crippen LogP contribution is 2.37. The van der Waals surface area contributed by atoms with Crippen molar-refractivity contribution in [3.05, 3.63) is 47.2 Å². The topological polar surface area (TPSA) is 41.8 Å². The highest BCUT2D eigenvalue weighted by atomic mass is 16.1. The Morgan fingerprint density at radius 2 is 1.86 bits per heavy atom. The van der Waals surface area contributed by atoms with Gasteiger partial charge in [-0.15, -0.1) is 10.2 Å². The molecular weight excluding hydrogens is 176 g/mol. The van der Waals surface area contributed by atoms with E-state index in [1.165, 1.54) is 6.08 Å². The van der Waals surface area contributed by atoms with Crippen LogP contribution in [0.25, 0.3) is 11.6 Å². The first-order valence-corrected chi connectivity index (χ1v) is 4.33. The molecule has 3 nitrogen and oxygen atoms in total. The minimum absolute atomic E-state index is 0.283. The van der Waals surface area contributed by atoms with Crippen molar-refractivity contribution in [1.82, 2.24) is 0 Å². The molecule has 0 saturated heterocycles. The van der Waals surface area contributed by atoms with Gasteiger partial charge in [-0.3, -0.25) is 4.79 Å². The number of azo groups is 1. The lowest BCUT2D eigenvalue weighted by Gasteiger charge is -2.03. The average molecular weight is 182 g/mol. The summed E-state index contributed by atoms with van der Waals surface area (Å²) in [6, 6.07) is 7.90. The lowest BCUT2D eigenvalue weighted by molar-refractivity contribution is -0.113. The van der Waals surface area contributed by atoms with E-state index in [2.05, 4.69) is 10.2 Å². The summed E-state index contributed by atoms with van der Waals surface area (Å²) in [6.07, 6.45) is 3.47. The summed E-state index contributed by atoms with van der Waals surface area (Å²) in [4.78, 5) is 11.1. The Balaban J connectivity index is 2.27. The fourth-order valence-corrected chi connectivity index (χ4v) is 1.72. The molecule has 0 aromatic heterocycles. The van der Waals surface area contributed by atoms with E-state index >= 15 is 0 Å². The second-order valence-electron chi connectivity index (χ2n) is 3.21. The molecule has 1 aromatic carbocycles. The minimum Gasteiger partial charge on any atom is -0.266 e. The molecule has 0 radical (unpaired) electrons. The number of carbonyl (C=O) groups excluding carboxylic acids is 1. The van der Waals surface area contributed by atoms with E-state index in [-0.39, 0.29) is 5.91 Å². The normalized spacial score (nSPS) is 17.3. The summed E-state index contributed by atoms with van der Waals surface area (Å²) < 4.78 is 0. The predicted molar refractivity (Wildman–Crippen MR) is 52.3 cm³/mol. The number of nitrogens with zero attached hydrogens (tertiary/aromatic N) is 2. The van der Waals surface area contributed by atoms with Crippen LogP contribution in [0.2, 0.25) is 0 Å². The van der Waals surface area contributed by atoms with Gasteiger partial charge >= 0.3 is 0 Å². The summed E-state index contributed by atoms with van der Waals surface area (Å²) in [7, 11) is 0. The fraction of sp³-hybridized carbons (Fsp3) is 0. The van der Waals surface area contributed by atoms with Crippen LogP contribution in [0, 0.1) is 0 Å². The van der Waals surface area contributed by atoms with Gasteiger partial charge in [0.15, 0.2) is 0 Å². The molecule has 0 N–H and O–H groups in total. The molecule has 1 aromatic rings. The third-order valence-electron chi connectivity index (χ3n) is 2.34. The van der Waals surface area contributed by atoms with Crippen LogP contribution < -0.4 is 0 Å². The molecular formula is C11H6N2O. The third-order valence-corrected chi connectivity index (χ3v) is 2.34. The first-order chi connectivity index (χ1) is 6.84. The van der Waals surface area contributed by atoms with Gasteiger partial charge in [0.2, 0.25) is 0 Å². The molecule has 3 heteroatoms. The van der Waals surface area contributed by atoms with Crippen LogP contribution in [-0.2, 0) is 4.79 Å². The second kappa shape index (κ2) is 2.48. The van der Waals surface area contributed by atoms with Crippen LogP contribution in [0.1, 0.15) is 11.1 Å². The van der Waals surface area contributed by atoms with Crippen molar-refractivity contribution in [2.45, 2.75) is 0 Å². The van der Waals surface area contributed by atoms with Crippen LogP contribution in [0.5, 0.6) is 0 Å². The maximum atomic E-state index is 11.1. The maximum absolute atomic E-state index is 11.1. The molecule has 3 rings (SSSR count). The number of amides is 1. The number of rotatable bonds is 0. The lowest BCUT2D eigenvalue weighted by Crippen LogP contribution is -1.95. The number of hydrogen-bond donors (Lipinski definition) is 0. The highest BCUT2D eigenvalue weighted by Gasteiger charge is 2.21. The van der Waals surface area contributed by atoms with Crippen LogP contribution in [0.15, 0.2) is 46.3 Å². The zero-order chi connectivity index (χ0) is 9.54. The first kappa shape index (κ1) is 7.38. The quantitative estimate of drug-likeness (QED) is 0.607. The molecule has 66 valence electrons. The first-order valence-electron chi connectivity index (χ1n) is 4.33. The number of benzene rings is 1. The zero-order valence-electron chi connectivity index (χ0n) is 7.27. The average Bonchev–Trinajstić information content (AvgIpc) is 2.56. The maximum Gasteiger partial charge on any atom is 0.288 e. The van der Waals surface area contributed by atoms with Crippen molar-refractivity contribution in [2.24, 2.45) is 10.2 Å². The molecule has 0 bridgehead atoms. The Kier molecular flexibility index (Phi) is 1.31. The van der Waals surface area contributed by atoms with Crippen molar-refractivity contribution < 1.29 is 4.79 Å². The van der Waals surface area contributed by atoms with Crippen LogP contribution in [-0.4, -0.2) is 5.91 Å². The van der Waals surface area contributed by atoms with Crippen molar-refractivity contribution in [3.63, 3.8) is 0 Å². The number of fused-ring (bicyclic) bond motifs is 3. The van der Waals surface area contributed by atoms with Gasteiger partial charge < -0.3 is 0 Å². The molecule has 2 aliphatic rings. The summed E-state index contributed by atoms with van der Waals surface area (Å²) >= 11 is 0. The zero-order valence-corrected chi connectivity index (χ0v) is 7.27. The summed E-state index contributed by atoms with van der Waals surface area (Å²) in [5.41, 5.74) is 3.84. The van der Waals surface area contributed by atoms with Crippen LogP contribution in [0.3, 0.4) is 0 Å². The Hall–Kier alpha value is -2.03. The largest absolute Gasteiger partial charge is 0.288 e. The van der Waals surface area contributed by atoms with Crippen molar-refractivity contribution in [1.29, 1.82) is 0 Å². The van der Waals surface area contributed by atoms with E-state index in [1.807, 2.05) is 30.3 Å². The molecule has 1 aliphatic carbocycles. The Labute approximate surface area is 80.5 Å². The molecule has 1 heterocycles. The molecule has 0 spiro atoms. The van der Waals surface area contributed by atoms with E-state index in [4.69, 9.17) is 0 Å². The van der Waals surface area contributed by atoms with E-state index in [0.29, 0.717) is 0 Å². The Morgan fingerprint density at radius 3 is 2.79 bits per heavy atom. The fourth-order valence-electron chi connectivity index (χ4n) is 1.72. The molecule has 1 aliphatic heterocycles. The van der Waals surface area contributed by atoms with E-state index in [9.17, 15) is 4.79 Å². The molecule has 0 unspecified atom stereocenters. The molecule has 14 heavy (non-hydrogen) atoms. The van der Waals surface area contributed by atoms with Crippen molar-refractivity contribution in [3.8, 4) is 0 Å². The summed E-state index contributed by atoms with van der Waals surface area (Å²) in [6.45, 7) is 0.